The molecule has 1 unspecified atom stereocenters. The van der Waals surface area contributed by atoms with E-state index in [2.05, 4.69) is 82.7 Å². The molecule has 0 aromatic heterocycles. The molecule has 0 aliphatic rings. The molecule has 0 saturated carbocycles. The number of aryl methyl sites for hydroxylation is 2. The average Bonchev–Trinajstić information content (AvgIpc) is 2.35. The zero-order valence-corrected chi connectivity index (χ0v) is 14.7. The van der Waals surface area contributed by atoms with E-state index in [0.717, 1.165) is 15.6 Å². The Morgan fingerprint density at radius 3 is 2.44 bits per heavy atom. The van der Waals surface area contributed by atoms with E-state index in [1.165, 1.54) is 14.7 Å². The predicted molar refractivity (Wildman–Crippen MR) is 90.5 cm³/mol. The summed E-state index contributed by atoms with van der Waals surface area (Å²) in [4.78, 5) is 0. The number of benzene rings is 2. The van der Waals surface area contributed by atoms with Gasteiger partial charge in [-0.05, 0) is 76.9 Å². The summed E-state index contributed by atoms with van der Waals surface area (Å²) in [5.74, 6) is 0. The first-order valence-electron chi connectivity index (χ1n) is 5.65. The summed E-state index contributed by atoms with van der Waals surface area (Å²) in [5.41, 5.74) is 4.88. The standard InChI is InChI=1S/C15H13BrClI/c1-9-3-4-11(7-10(9)2)15(17)13-8-12(16)5-6-14(13)18/h3-8,15H,1-2H3. The molecular formula is C15H13BrClI. The molecule has 18 heavy (non-hydrogen) atoms. The van der Waals surface area contributed by atoms with E-state index in [1.807, 2.05) is 6.07 Å². The van der Waals surface area contributed by atoms with Gasteiger partial charge in [0.15, 0.2) is 0 Å². The highest BCUT2D eigenvalue weighted by atomic mass is 127. The van der Waals surface area contributed by atoms with Crippen LogP contribution < -0.4 is 0 Å². The van der Waals surface area contributed by atoms with Crippen molar-refractivity contribution in [3.63, 3.8) is 0 Å². The fraction of sp³-hybridized carbons (Fsp3) is 0.200. The van der Waals surface area contributed by atoms with Crippen molar-refractivity contribution in [3.05, 3.63) is 66.7 Å². The summed E-state index contributed by atoms with van der Waals surface area (Å²) in [6.07, 6.45) is 0. The lowest BCUT2D eigenvalue weighted by molar-refractivity contribution is 1.11. The molecule has 0 amide bonds. The van der Waals surface area contributed by atoms with E-state index in [0.29, 0.717) is 0 Å². The van der Waals surface area contributed by atoms with Crippen molar-refractivity contribution in [1.82, 2.24) is 0 Å². The van der Waals surface area contributed by atoms with Crippen LogP contribution in [0.5, 0.6) is 0 Å². The molecule has 0 bridgehead atoms. The first kappa shape index (κ1) is 14.4. The van der Waals surface area contributed by atoms with Crippen molar-refractivity contribution in [2.75, 3.05) is 0 Å². The number of rotatable bonds is 2. The third-order valence-electron chi connectivity index (χ3n) is 3.05. The highest BCUT2D eigenvalue weighted by Crippen LogP contribution is 2.34. The molecular weight excluding hydrogens is 422 g/mol. The maximum atomic E-state index is 6.61. The van der Waals surface area contributed by atoms with Crippen LogP contribution in [0.4, 0.5) is 0 Å². The second-order valence-electron chi connectivity index (χ2n) is 4.37. The van der Waals surface area contributed by atoms with E-state index in [9.17, 15) is 0 Å². The van der Waals surface area contributed by atoms with Crippen molar-refractivity contribution < 1.29 is 0 Å². The van der Waals surface area contributed by atoms with Gasteiger partial charge in [-0.3, -0.25) is 0 Å². The molecule has 0 aliphatic heterocycles. The van der Waals surface area contributed by atoms with Crippen molar-refractivity contribution in [2.45, 2.75) is 19.2 Å². The monoisotopic (exact) mass is 434 g/mol. The van der Waals surface area contributed by atoms with Gasteiger partial charge in [0.1, 0.15) is 0 Å². The van der Waals surface area contributed by atoms with Crippen LogP contribution in [0.3, 0.4) is 0 Å². The van der Waals surface area contributed by atoms with Gasteiger partial charge in [0.05, 0.1) is 5.38 Å². The van der Waals surface area contributed by atoms with Crippen molar-refractivity contribution in [1.29, 1.82) is 0 Å². The minimum atomic E-state index is -0.103. The van der Waals surface area contributed by atoms with Crippen LogP contribution in [0, 0.1) is 17.4 Å². The van der Waals surface area contributed by atoms with E-state index in [1.54, 1.807) is 0 Å². The van der Waals surface area contributed by atoms with E-state index in [-0.39, 0.29) is 5.38 Å². The van der Waals surface area contributed by atoms with Gasteiger partial charge in [-0.15, -0.1) is 11.6 Å². The van der Waals surface area contributed by atoms with Crippen LogP contribution in [-0.4, -0.2) is 0 Å². The summed E-state index contributed by atoms with van der Waals surface area (Å²) < 4.78 is 2.25. The van der Waals surface area contributed by atoms with Crippen molar-refractivity contribution >= 4 is 50.1 Å². The highest BCUT2D eigenvalue weighted by Gasteiger charge is 2.14. The summed E-state index contributed by atoms with van der Waals surface area (Å²) >= 11 is 12.4. The molecule has 0 nitrogen and oxygen atoms in total. The second kappa shape index (κ2) is 5.93. The summed E-state index contributed by atoms with van der Waals surface area (Å²) in [5, 5.41) is -0.103. The zero-order chi connectivity index (χ0) is 13.3. The molecule has 3 heteroatoms. The van der Waals surface area contributed by atoms with Gasteiger partial charge < -0.3 is 0 Å². The summed E-state index contributed by atoms with van der Waals surface area (Å²) in [6, 6.07) is 12.6. The van der Waals surface area contributed by atoms with Crippen LogP contribution in [-0.2, 0) is 0 Å². The van der Waals surface area contributed by atoms with E-state index in [4.69, 9.17) is 11.6 Å². The van der Waals surface area contributed by atoms with Gasteiger partial charge in [-0.25, -0.2) is 0 Å². The van der Waals surface area contributed by atoms with Gasteiger partial charge in [0, 0.05) is 8.04 Å². The highest BCUT2D eigenvalue weighted by molar-refractivity contribution is 14.1. The van der Waals surface area contributed by atoms with Crippen LogP contribution in [0.25, 0.3) is 0 Å². The molecule has 0 fully saturated rings. The Morgan fingerprint density at radius 2 is 1.78 bits per heavy atom. The second-order valence-corrected chi connectivity index (χ2v) is 6.89. The van der Waals surface area contributed by atoms with Gasteiger partial charge in [-0.2, -0.15) is 0 Å². The lowest BCUT2D eigenvalue weighted by atomic mass is 10.0. The largest absolute Gasteiger partial charge is 0.113 e. The van der Waals surface area contributed by atoms with Gasteiger partial charge in [0.2, 0.25) is 0 Å². The lowest BCUT2D eigenvalue weighted by Crippen LogP contribution is -1.97. The molecule has 2 aromatic rings. The predicted octanol–water partition coefficient (Wildman–Crippen LogP) is 6.00. The quantitative estimate of drug-likeness (QED) is 0.401. The number of hydrogen-bond donors (Lipinski definition) is 0. The van der Waals surface area contributed by atoms with Crippen LogP contribution >= 0.6 is 50.1 Å². The fourth-order valence-electron chi connectivity index (χ4n) is 1.81. The van der Waals surface area contributed by atoms with Crippen molar-refractivity contribution in [2.24, 2.45) is 0 Å². The van der Waals surface area contributed by atoms with Gasteiger partial charge in [0.25, 0.3) is 0 Å². The topological polar surface area (TPSA) is 0 Å². The molecule has 0 N–H and O–H groups in total. The van der Waals surface area contributed by atoms with Gasteiger partial charge >= 0.3 is 0 Å². The lowest BCUT2D eigenvalue weighted by Gasteiger charge is -2.14. The van der Waals surface area contributed by atoms with Crippen LogP contribution in [0.1, 0.15) is 27.6 Å². The number of hydrogen-bond acceptors (Lipinski definition) is 0. The van der Waals surface area contributed by atoms with Crippen LogP contribution in [0.2, 0.25) is 0 Å². The normalized spacial score (nSPS) is 12.5. The Labute approximate surface area is 135 Å². The third kappa shape index (κ3) is 3.09. The first-order valence-corrected chi connectivity index (χ1v) is 7.96. The molecule has 0 spiro atoms. The Balaban J connectivity index is 2.44. The SMILES string of the molecule is Cc1ccc(C(Cl)c2cc(Br)ccc2I)cc1C. The molecule has 0 radical (unpaired) electrons. The average molecular weight is 436 g/mol. The Morgan fingerprint density at radius 1 is 1.06 bits per heavy atom. The molecule has 1 atom stereocenters. The van der Waals surface area contributed by atoms with E-state index < -0.39 is 0 Å². The number of alkyl halides is 1. The summed E-state index contributed by atoms with van der Waals surface area (Å²) in [7, 11) is 0. The number of halogens is 3. The fourth-order valence-corrected chi connectivity index (χ4v) is 3.34. The molecule has 2 rings (SSSR count). The van der Waals surface area contributed by atoms with Gasteiger partial charge in [-0.1, -0.05) is 34.1 Å². The molecule has 0 aliphatic carbocycles. The molecule has 2 aromatic carbocycles. The van der Waals surface area contributed by atoms with Crippen molar-refractivity contribution in [3.8, 4) is 0 Å². The molecule has 0 heterocycles. The molecule has 94 valence electrons. The summed E-state index contributed by atoms with van der Waals surface area (Å²) in [6.45, 7) is 4.24. The maximum Gasteiger partial charge on any atom is 0.0846 e. The van der Waals surface area contributed by atoms with E-state index >= 15 is 0 Å². The maximum absolute atomic E-state index is 6.61. The smallest absolute Gasteiger partial charge is 0.0846 e. The minimum absolute atomic E-state index is 0.103. The Hall–Kier alpha value is -0.0600. The zero-order valence-electron chi connectivity index (χ0n) is 10.2. The Kier molecular flexibility index (Phi) is 4.73. The Bertz CT molecular complexity index is 581. The third-order valence-corrected chi connectivity index (χ3v) is 5.02. The first-order chi connectivity index (χ1) is 8.49. The molecule has 0 saturated heterocycles. The minimum Gasteiger partial charge on any atom is -0.113 e. The van der Waals surface area contributed by atoms with Crippen LogP contribution in [0.15, 0.2) is 40.9 Å².